The second-order valence-electron chi connectivity index (χ2n) is 10.1. The van der Waals surface area contributed by atoms with E-state index in [9.17, 15) is 4.79 Å². The average Bonchev–Trinajstić information content (AvgIpc) is 3.13. The van der Waals surface area contributed by atoms with E-state index in [2.05, 4.69) is 36.3 Å². The zero-order valence-electron chi connectivity index (χ0n) is 21.0. The number of piperidine rings is 1. The van der Waals surface area contributed by atoms with Crippen LogP contribution in [0.25, 0.3) is 11.3 Å². The molecule has 2 heterocycles. The SMILES string of the molecule is Cc1cc(C)cc(Oc2cccc(-c3c(C)nnn3C3CCN(C(=O)OC(C)(C)C)CC3)c2)c1. The summed E-state index contributed by atoms with van der Waals surface area (Å²) in [4.78, 5) is 14.2. The van der Waals surface area contributed by atoms with Crippen molar-refractivity contribution in [3.05, 3.63) is 59.3 Å². The van der Waals surface area contributed by atoms with Crippen molar-refractivity contribution in [2.45, 2.75) is 66.0 Å². The second kappa shape index (κ2) is 9.49. The van der Waals surface area contributed by atoms with Crippen LogP contribution in [0.5, 0.6) is 11.5 Å². The quantitative estimate of drug-likeness (QED) is 0.459. The standard InChI is InChI=1S/C27H34N4O3/c1-18-14-19(2)16-24(15-18)33-23-9-7-8-21(17-23)25-20(3)28-29-31(25)22-10-12-30(13-11-22)26(32)34-27(4,5)6/h7-9,14-17,22H,10-13H2,1-6H3. The molecule has 0 radical (unpaired) electrons. The molecule has 0 unspecified atom stereocenters. The van der Waals surface area contributed by atoms with Crippen LogP contribution in [0, 0.1) is 20.8 Å². The molecule has 1 aromatic heterocycles. The number of aromatic nitrogens is 3. The molecule has 0 bridgehead atoms. The van der Waals surface area contributed by atoms with E-state index >= 15 is 0 Å². The van der Waals surface area contributed by atoms with Gasteiger partial charge in [-0.1, -0.05) is 23.4 Å². The van der Waals surface area contributed by atoms with Crippen LogP contribution < -0.4 is 4.74 Å². The smallest absolute Gasteiger partial charge is 0.410 e. The van der Waals surface area contributed by atoms with Crippen molar-refractivity contribution in [2.75, 3.05) is 13.1 Å². The van der Waals surface area contributed by atoms with Crippen molar-refractivity contribution in [3.63, 3.8) is 0 Å². The maximum Gasteiger partial charge on any atom is 0.410 e. The van der Waals surface area contributed by atoms with Gasteiger partial charge in [0.15, 0.2) is 0 Å². The lowest BCUT2D eigenvalue weighted by Gasteiger charge is -2.33. The number of hydrogen-bond donors (Lipinski definition) is 0. The molecule has 7 heteroatoms. The van der Waals surface area contributed by atoms with E-state index < -0.39 is 5.60 Å². The summed E-state index contributed by atoms with van der Waals surface area (Å²) in [5.74, 6) is 1.60. The van der Waals surface area contributed by atoms with E-state index in [4.69, 9.17) is 9.47 Å². The average molecular weight is 463 g/mol. The largest absolute Gasteiger partial charge is 0.457 e. The number of rotatable bonds is 4. The Morgan fingerprint density at radius 1 is 0.971 bits per heavy atom. The first kappa shape index (κ1) is 23.8. The highest BCUT2D eigenvalue weighted by molar-refractivity contribution is 5.68. The first-order valence-corrected chi connectivity index (χ1v) is 11.9. The molecule has 180 valence electrons. The minimum atomic E-state index is -0.492. The normalized spacial score (nSPS) is 14.8. The molecule has 34 heavy (non-hydrogen) atoms. The monoisotopic (exact) mass is 462 g/mol. The molecule has 0 atom stereocenters. The minimum absolute atomic E-state index is 0.166. The van der Waals surface area contributed by atoms with E-state index in [0.29, 0.717) is 13.1 Å². The fourth-order valence-corrected chi connectivity index (χ4v) is 4.42. The molecule has 0 saturated carbocycles. The van der Waals surface area contributed by atoms with E-state index in [-0.39, 0.29) is 12.1 Å². The van der Waals surface area contributed by atoms with Gasteiger partial charge in [0.1, 0.15) is 17.1 Å². The molecule has 2 aromatic carbocycles. The molecule has 1 aliphatic heterocycles. The predicted octanol–water partition coefficient (Wildman–Crippen LogP) is 6.23. The van der Waals surface area contributed by atoms with Gasteiger partial charge in [-0.15, -0.1) is 5.10 Å². The summed E-state index contributed by atoms with van der Waals surface area (Å²) < 4.78 is 13.7. The van der Waals surface area contributed by atoms with Crippen molar-refractivity contribution in [3.8, 4) is 22.8 Å². The molecular formula is C27H34N4O3. The van der Waals surface area contributed by atoms with Crippen LogP contribution in [0.4, 0.5) is 4.79 Å². The molecule has 1 fully saturated rings. The highest BCUT2D eigenvalue weighted by Crippen LogP contribution is 2.33. The zero-order chi connectivity index (χ0) is 24.5. The van der Waals surface area contributed by atoms with Gasteiger partial charge in [-0.2, -0.15) is 0 Å². The number of carbonyl (C=O) groups is 1. The molecule has 0 aliphatic carbocycles. The number of hydrogen-bond acceptors (Lipinski definition) is 5. The molecule has 3 aromatic rings. The highest BCUT2D eigenvalue weighted by atomic mass is 16.6. The summed E-state index contributed by atoms with van der Waals surface area (Å²) in [5.41, 5.74) is 4.72. The van der Waals surface area contributed by atoms with Crippen molar-refractivity contribution in [1.29, 1.82) is 0 Å². The Morgan fingerprint density at radius 3 is 2.29 bits per heavy atom. The first-order valence-electron chi connectivity index (χ1n) is 11.9. The molecule has 1 saturated heterocycles. The molecule has 7 nitrogen and oxygen atoms in total. The van der Waals surface area contributed by atoms with Crippen LogP contribution >= 0.6 is 0 Å². The van der Waals surface area contributed by atoms with Crippen LogP contribution in [-0.2, 0) is 4.74 Å². The van der Waals surface area contributed by atoms with Gasteiger partial charge in [-0.25, -0.2) is 9.48 Å². The third-order valence-corrected chi connectivity index (χ3v) is 5.86. The third kappa shape index (κ3) is 5.58. The lowest BCUT2D eigenvalue weighted by Crippen LogP contribution is -2.42. The lowest BCUT2D eigenvalue weighted by molar-refractivity contribution is 0.0185. The van der Waals surface area contributed by atoms with Gasteiger partial charge in [0.2, 0.25) is 0 Å². The number of carbonyl (C=O) groups excluding carboxylic acids is 1. The molecule has 0 N–H and O–H groups in total. The molecule has 4 rings (SSSR count). The number of amides is 1. The van der Waals surface area contributed by atoms with Gasteiger partial charge in [-0.3, -0.25) is 0 Å². The first-order chi connectivity index (χ1) is 16.1. The van der Waals surface area contributed by atoms with Crippen LogP contribution in [0.1, 0.15) is 56.5 Å². The van der Waals surface area contributed by atoms with Crippen molar-refractivity contribution < 1.29 is 14.3 Å². The summed E-state index contributed by atoms with van der Waals surface area (Å²) in [6.45, 7) is 13.0. The maximum atomic E-state index is 12.4. The fraction of sp³-hybridized carbons (Fsp3) is 0.444. The zero-order valence-corrected chi connectivity index (χ0v) is 21.0. The summed E-state index contributed by atoms with van der Waals surface area (Å²) in [6.07, 6.45) is 1.35. The summed E-state index contributed by atoms with van der Waals surface area (Å²) in [6, 6.07) is 14.4. The molecule has 0 spiro atoms. The number of ether oxygens (including phenoxy) is 2. The number of likely N-dealkylation sites (tertiary alicyclic amines) is 1. The highest BCUT2D eigenvalue weighted by Gasteiger charge is 2.29. The van der Waals surface area contributed by atoms with Crippen LogP contribution in [0.3, 0.4) is 0 Å². The van der Waals surface area contributed by atoms with Gasteiger partial charge in [0.05, 0.1) is 17.4 Å². The van der Waals surface area contributed by atoms with Crippen LogP contribution in [-0.4, -0.2) is 44.7 Å². The van der Waals surface area contributed by atoms with E-state index in [0.717, 1.165) is 41.3 Å². The number of nitrogens with zero attached hydrogens (tertiary/aromatic N) is 4. The van der Waals surface area contributed by atoms with Gasteiger partial charge in [0, 0.05) is 18.7 Å². The molecule has 1 aliphatic rings. The number of aryl methyl sites for hydroxylation is 3. The van der Waals surface area contributed by atoms with E-state index in [1.165, 1.54) is 11.1 Å². The van der Waals surface area contributed by atoms with Crippen molar-refractivity contribution >= 4 is 6.09 Å². The summed E-state index contributed by atoms with van der Waals surface area (Å²) in [5, 5.41) is 8.85. The fourth-order valence-electron chi connectivity index (χ4n) is 4.42. The van der Waals surface area contributed by atoms with Crippen LogP contribution in [0.15, 0.2) is 42.5 Å². The Hall–Kier alpha value is -3.35. The molecular weight excluding hydrogens is 428 g/mol. The Labute approximate surface area is 201 Å². The van der Waals surface area contributed by atoms with E-state index in [1.54, 1.807) is 4.90 Å². The number of benzene rings is 2. The summed E-state index contributed by atoms with van der Waals surface area (Å²) in [7, 11) is 0. The van der Waals surface area contributed by atoms with Gasteiger partial charge < -0.3 is 14.4 Å². The van der Waals surface area contributed by atoms with Crippen molar-refractivity contribution in [2.24, 2.45) is 0 Å². The topological polar surface area (TPSA) is 69.5 Å². The maximum absolute atomic E-state index is 12.4. The third-order valence-electron chi connectivity index (χ3n) is 5.86. The van der Waals surface area contributed by atoms with Gasteiger partial charge in [-0.05, 0) is 89.8 Å². The molecule has 1 amide bonds. The Bertz CT molecular complexity index is 1150. The van der Waals surface area contributed by atoms with Gasteiger partial charge in [0.25, 0.3) is 0 Å². The Balaban J connectivity index is 1.51. The lowest BCUT2D eigenvalue weighted by atomic mass is 10.0. The van der Waals surface area contributed by atoms with Gasteiger partial charge >= 0.3 is 6.09 Å². The Morgan fingerprint density at radius 2 is 1.65 bits per heavy atom. The van der Waals surface area contributed by atoms with E-state index in [1.807, 2.05) is 62.7 Å². The van der Waals surface area contributed by atoms with Crippen LogP contribution in [0.2, 0.25) is 0 Å². The minimum Gasteiger partial charge on any atom is -0.457 e. The predicted molar refractivity (Wildman–Crippen MR) is 132 cm³/mol. The Kier molecular flexibility index (Phi) is 6.64. The van der Waals surface area contributed by atoms with Crippen molar-refractivity contribution in [1.82, 2.24) is 19.9 Å². The second-order valence-corrected chi connectivity index (χ2v) is 10.1. The summed E-state index contributed by atoms with van der Waals surface area (Å²) >= 11 is 0.